The van der Waals surface area contributed by atoms with Crippen LogP contribution in [0.2, 0.25) is 0 Å². The van der Waals surface area contributed by atoms with E-state index >= 15 is 0 Å². The van der Waals surface area contributed by atoms with Crippen molar-refractivity contribution < 1.29 is 4.21 Å². The molecule has 0 fully saturated rings. The average molecular weight is 301 g/mol. The molecule has 2 aromatic rings. The summed E-state index contributed by atoms with van der Waals surface area (Å²) in [6, 6.07) is 14.5. The Labute approximate surface area is 130 Å². The molecule has 2 nitrogen and oxygen atoms in total. The summed E-state index contributed by atoms with van der Waals surface area (Å²) in [4.78, 5) is 0.948. The fraction of sp³-hybridized carbons (Fsp3) is 0.333. The maximum absolute atomic E-state index is 12.7. The van der Waals surface area contributed by atoms with Crippen molar-refractivity contribution in [3.8, 4) is 0 Å². The van der Waals surface area contributed by atoms with Crippen molar-refractivity contribution in [2.24, 2.45) is 0 Å². The van der Waals surface area contributed by atoms with Gasteiger partial charge < -0.3 is 5.32 Å². The first-order chi connectivity index (χ1) is 10.0. The van der Waals surface area contributed by atoms with Crippen LogP contribution in [0.15, 0.2) is 47.4 Å². The second kappa shape index (κ2) is 7.01. The monoisotopic (exact) mass is 301 g/mol. The normalized spacial score (nSPS) is 13.9. The molecule has 0 heterocycles. The van der Waals surface area contributed by atoms with Crippen LogP contribution in [0.5, 0.6) is 0 Å². The zero-order valence-electron chi connectivity index (χ0n) is 13.1. The van der Waals surface area contributed by atoms with Gasteiger partial charge in [-0.2, -0.15) is 0 Å². The molecular weight excluding hydrogens is 278 g/mol. The van der Waals surface area contributed by atoms with Crippen LogP contribution in [0.3, 0.4) is 0 Å². The van der Waals surface area contributed by atoms with Crippen molar-refractivity contribution in [1.29, 1.82) is 0 Å². The predicted molar refractivity (Wildman–Crippen MR) is 90.2 cm³/mol. The molecule has 0 aromatic heterocycles. The first-order valence-electron chi connectivity index (χ1n) is 7.21. The standard InChI is InChI=1S/C18H23NOS/c1-13-9-10-15(3)18(11-13)21(20)12-17(19-4)16-8-6-5-7-14(16)2/h5-11,17,19H,12H2,1-4H3. The summed E-state index contributed by atoms with van der Waals surface area (Å²) in [5.74, 6) is 0.589. The third-order valence-electron chi connectivity index (χ3n) is 3.82. The quantitative estimate of drug-likeness (QED) is 0.913. The van der Waals surface area contributed by atoms with Crippen LogP contribution >= 0.6 is 0 Å². The molecule has 3 heteroatoms. The van der Waals surface area contributed by atoms with Gasteiger partial charge in [-0.3, -0.25) is 4.21 Å². The highest BCUT2D eigenvalue weighted by atomic mass is 32.2. The lowest BCUT2D eigenvalue weighted by Crippen LogP contribution is -2.23. The fourth-order valence-corrected chi connectivity index (χ4v) is 4.07. The lowest BCUT2D eigenvalue weighted by atomic mass is 10.0. The van der Waals surface area contributed by atoms with E-state index in [1.165, 1.54) is 11.1 Å². The average Bonchev–Trinajstić information content (AvgIpc) is 2.48. The van der Waals surface area contributed by atoms with Crippen LogP contribution < -0.4 is 5.32 Å². The van der Waals surface area contributed by atoms with E-state index in [0.29, 0.717) is 5.75 Å². The number of hydrogen-bond acceptors (Lipinski definition) is 2. The van der Waals surface area contributed by atoms with E-state index in [2.05, 4.69) is 30.4 Å². The van der Waals surface area contributed by atoms with Crippen molar-refractivity contribution >= 4 is 10.8 Å². The highest BCUT2D eigenvalue weighted by molar-refractivity contribution is 7.85. The summed E-state index contributed by atoms with van der Waals surface area (Å²) in [7, 11) is 0.922. The molecule has 112 valence electrons. The summed E-state index contributed by atoms with van der Waals surface area (Å²) in [5, 5.41) is 3.30. The minimum atomic E-state index is -1.01. The summed E-state index contributed by atoms with van der Waals surface area (Å²) in [6.07, 6.45) is 0. The first-order valence-corrected chi connectivity index (χ1v) is 8.53. The SMILES string of the molecule is CNC(CS(=O)c1cc(C)ccc1C)c1ccccc1C. The van der Waals surface area contributed by atoms with Crippen molar-refractivity contribution in [3.05, 3.63) is 64.7 Å². The molecule has 2 rings (SSSR count). The van der Waals surface area contributed by atoms with Gasteiger partial charge in [0.1, 0.15) is 0 Å². The van der Waals surface area contributed by atoms with Gasteiger partial charge in [-0.05, 0) is 56.1 Å². The minimum Gasteiger partial charge on any atom is -0.312 e. The van der Waals surface area contributed by atoms with Crippen LogP contribution in [0, 0.1) is 20.8 Å². The fourth-order valence-electron chi connectivity index (χ4n) is 2.50. The van der Waals surface area contributed by atoms with Gasteiger partial charge in [0.05, 0.1) is 10.8 Å². The van der Waals surface area contributed by atoms with Gasteiger partial charge in [0.15, 0.2) is 0 Å². The Morgan fingerprint density at radius 3 is 2.43 bits per heavy atom. The third-order valence-corrected chi connectivity index (χ3v) is 5.39. The summed E-state index contributed by atoms with van der Waals surface area (Å²) >= 11 is 0. The lowest BCUT2D eigenvalue weighted by molar-refractivity contribution is 0.633. The number of hydrogen-bond donors (Lipinski definition) is 1. The maximum atomic E-state index is 12.7. The van der Waals surface area contributed by atoms with Crippen molar-refractivity contribution in [2.75, 3.05) is 12.8 Å². The molecule has 1 N–H and O–H groups in total. The van der Waals surface area contributed by atoms with E-state index in [1.807, 2.05) is 45.2 Å². The first kappa shape index (κ1) is 15.9. The molecule has 21 heavy (non-hydrogen) atoms. The van der Waals surface area contributed by atoms with Crippen LogP contribution in [0.25, 0.3) is 0 Å². The second-order valence-electron chi connectivity index (χ2n) is 5.48. The van der Waals surface area contributed by atoms with Crippen LogP contribution in [0.1, 0.15) is 28.3 Å². The number of rotatable bonds is 5. The van der Waals surface area contributed by atoms with E-state index in [4.69, 9.17) is 0 Å². The molecule has 2 unspecified atom stereocenters. The molecule has 2 atom stereocenters. The number of aryl methyl sites for hydroxylation is 3. The molecule has 0 radical (unpaired) electrons. The Kier molecular flexibility index (Phi) is 5.32. The molecule has 2 aromatic carbocycles. The smallest absolute Gasteiger partial charge is 0.0551 e. The van der Waals surface area contributed by atoms with Crippen molar-refractivity contribution in [3.63, 3.8) is 0 Å². The Morgan fingerprint density at radius 1 is 1.05 bits per heavy atom. The van der Waals surface area contributed by atoms with E-state index in [-0.39, 0.29) is 6.04 Å². The third kappa shape index (κ3) is 3.80. The summed E-state index contributed by atoms with van der Waals surface area (Å²) in [5.41, 5.74) is 4.70. The highest BCUT2D eigenvalue weighted by Gasteiger charge is 2.17. The molecule has 0 aliphatic heterocycles. The van der Waals surface area contributed by atoms with Crippen LogP contribution in [-0.4, -0.2) is 17.0 Å². The van der Waals surface area contributed by atoms with Gasteiger partial charge in [-0.25, -0.2) is 0 Å². The molecule has 0 amide bonds. The van der Waals surface area contributed by atoms with E-state index < -0.39 is 10.8 Å². The lowest BCUT2D eigenvalue weighted by Gasteiger charge is -2.19. The Balaban J connectivity index is 2.25. The molecule has 0 aliphatic rings. The van der Waals surface area contributed by atoms with Crippen molar-refractivity contribution in [2.45, 2.75) is 31.7 Å². The van der Waals surface area contributed by atoms with E-state index in [1.54, 1.807) is 0 Å². The molecule has 0 saturated heterocycles. The molecule has 0 spiro atoms. The number of benzene rings is 2. The van der Waals surface area contributed by atoms with E-state index in [0.717, 1.165) is 16.0 Å². The van der Waals surface area contributed by atoms with Gasteiger partial charge in [-0.1, -0.05) is 36.4 Å². The van der Waals surface area contributed by atoms with E-state index in [9.17, 15) is 4.21 Å². The highest BCUT2D eigenvalue weighted by Crippen LogP contribution is 2.22. The Morgan fingerprint density at radius 2 is 1.76 bits per heavy atom. The largest absolute Gasteiger partial charge is 0.312 e. The van der Waals surface area contributed by atoms with Crippen LogP contribution in [-0.2, 0) is 10.8 Å². The molecular formula is C18H23NOS. The zero-order valence-corrected chi connectivity index (χ0v) is 14.0. The zero-order chi connectivity index (χ0) is 15.4. The van der Waals surface area contributed by atoms with Gasteiger partial charge >= 0.3 is 0 Å². The van der Waals surface area contributed by atoms with Gasteiger partial charge in [0.25, 0.3) is 0 Å². The minimum absolute atomic E-state index is 0.104. The Bertz CT molecular complexity index is 651. The molecule has 0 aliphatic carbocycles. The number of nitrogens with one attached hydrogen (secondary N) is 1. The second-order valence-corrected chi connectivity index (χ2v) is 6.94. The van der Waals surface area contributed by atoms with Crippen LogP contribution in [0.4, 0.5) is 0 Å². The van der Waals surface area contributed by atoms with Crippen molar-refractivity contribution in [1.82, 2.24) is 5.32 Å². The van der Waals surface area contributed by atoms with Gasteiger partial charge in [0.2, 0.25) is 0 Å². The molecule has 0 saturated carbocycles. The predicted octanol–water partition coefficient (Wildman–Crippen LogP) is 3.68. The Hall–Kier alpha value is -1.45. The van der Waals surface area contributed by atoms with Gasteiger partial charge in [-0.15, -0.1) is 0 Å². The maximum Gasteiger partial charge on any atom is 0.0551 e. The van der Waals surface area contributed by atoms with Gasteiger partial charge in [0, 0.05) is 16.7 Å². The topological polar surface area (TPSA) is 29.1 Å². The molecule has 0 bridgehead atoms. The summed E-state index contributed by atoms with van der Waals surface area (Å²) in [6.45, 7) is 6.16. The summed E-state index contributed by atoms with van der Waals surface area (Å²) < 4.78 is 12.7.